The van der Waals surface area contributed by atoms with Gasteiger partial charge in [-0.3, -0.25) is 15.1 Å². The molecule has 1 heterocycles. The summed E-state index contributed by atoms with van der Waals surface area (Å²) in [5, 5.41) is 28.7. The molecule has 9 nitrogen and oxygen atoms in total. The van der Waals surface area contributed by atoms with Gasteiger partial charge in [0.2, 0.25) is 0 Å². The van der Waals surface area contributed by atoms with Gasteiger partial charge in [-0.15, -0.1) is 0 Å². The lowest BCUT2D eigenvalue weighted by Gasteiger charge is -2.36. The fourth-order valence-electron chi connectivity index (χ4n) is 4.92. The molecule has 4 atom stereocenters. The molecular weight excluding hydrogens is 570 g/mol. The lowest BCUT2D eigenvalue weighted by molar-refractivity contribution is -0.143. The van der Waals surface area contributed by atoms with E-state index in [-0.39, 0.29) is 24.3 Å². The molecule has 0 radical (unpaired) electrons. The number of benzene rings is 3. The molecule has 0 bridgehead atoms. The number of pyridine rings is 1. The molecule has 4 rings (SSSR count). The zero-order valence-corrected chi connectivity index (χ0v) is 25.8. The minimum absolute atomic E-state index is 0.0367. The fraction of sp³-hybridized carbons (Fsp3) is 0.306. The first-order valence-electron chi connectivity index (χ1n) is 14.9. The number of nitrogens with zero attached hydrogens (tertiary/aromatic N) is 1. The summed E-state index contributed by atoms with van der Waals surface area (Å²) < 4.78 is 11.5. The Bertz CT molecular complexity index is 1500. The number of ether oxygens (including phenoxy) is 2. The largest absolute Gasteiger partial charge is 0.443 e. The van der Waals surface area contributed by atoms with E-state index in [0.29, 0.717) is 12.1 Å². The SMILES string of the molecule is CC(C)(C)OC(Cc1ccccc1)C(O)C(O)C(Cc1ccccc1)NC(=O)c1ccccc1NC(=O)OCc1ccccn1. The number of nitrogens with one attached hydrogen (secondary N) is 2. The summed E-state index contributed by atoms with van der Waals surface area (Å²) in [6.45, 7) is 5.63. The third kappa shape index (κ3) is 10.5. The van der Waals surface area contributed by atoms with Crippen molar-refractivity contribution in [2.75, 3.05) is 5.32 Å². The standard InChI is InChI=1S/C36H41N3O6/c1-36(2,3)45-31(23-26-16-8-5-9-17-26)33(41)32(40)30(22-25-14-6-4-7-15-25)38-34(42)28-19-10-11-20-29(28)39-35(43)44-24-27-18-12-13-21-37-27/h4-21,30-33,40-41H,22-24H2,1-3H3,(H,38,42)(H,39,43). The van der Waals surface area contributed by atoms with E-state index in [2.05, 4.69) is 15.6 Å². The van der Waals surface area contributed by atoms with Crippen molar-refractivity contribution in [2.45, 2.75) is 70.2 Å². The second-order valence-corrected chi connectivity index (χ2v) is 11.8. The topological polar surface area (TPSA) is 130 Å². The van der Waals surface area contributed by atoms with E-state index < -0.39 is 42.0 Å². The molecule has 4 unspecified atom stereocenters. The highest BCUT2D eigenvalue weighted by Gasteiger charge is 2.36. The monoisotopic (exact) mass is 611 g/mol. The fourth-order valence-corrected chi connectivity index (χ4v) is 4.92. The normalized spacial score (nSPS) is 14.1. The van der Waals surface area contributed by atoms with E-state index in [9.17, 15) is 19.8 Å². The number of hydrogen-bond acceptors (Lipinski definition) is 7. The highest BCUT2D eigenvalue weighted by molar-refractivity contribution is 6.02. The molecule has 0 fully saturated rings. The number of para-hydroxylation sites is 1. The van der Waals surface area contributed by atoms with Crippen molar-refractivity contribution in [3.8, 4) is 0 Å². The van der Waals surface area contributed by atoms with E-state index in [0.717, 1.165) is 11.1 Å². The van der Waals surface area contributed by atoms with Crippen molar-refractivity contribution in [1.29, 1.82) is 0 Å². The van der Waals surface area contributed by atoms with Gasteiger partial charge in [0.25, 0.3) is 5.91 Å². The second-order valence-electron chi connectivity index (χ2n) is 11.8. The van der Waals surface area contributed by atoms with Gasteiger partial charge < -0.3 is 25.0 Å². The number of anilines is 1. The van der Waals surface area contributed by atoms with Crippen LogP contribution < -0.4 is 10.6 Å². The van der Waals surface area contributed by atoms with Crippen molar-refractivity contribution in [1.82, 2.24) is 10.3 Å². The van der Waals surface area contributed by atoms with Crippen molar-refractivity contribution in [3.05, 3.63) is 132 Å². The van der Waals surface area contributed by atoms with Crippen molar-refractivity contribution < 1.29 is 29.3 Å². The van der Waals surface area contributed by atoms with Gasteiger partial charge in [0.05, 0.1) is 34.7 Å². The Morgan fingerprint density at radius 2 is 1.38 bits per heavy atom. The molecule has 236 valence electrons. The Labute approximate surface area is 264 Å². The van der Waals surface area contributed by atoms with Gasteiger partial charge in [0.1, 0.15) is 18.8 Å². The van der Waals surface area contributed by atoms with Crippen LogP contribution >= 0.6 is 0 Å². The number of carbonyl (C=O) groups excluding carboxylic acids is 2. The molecule has 4 N–H and O–H groups in total. The number of rotatable bonds is 13. The molecule has 0 spiro atoms. The van der Waals surface area contributed by atoms with Crippen LogP contribution in [-0.2, 0) is 28.9 Å². The number of hydrogen-bond donors (Lipinski definition) is 4. The van der Waals surface area contributed by atoms with Gasteiger partial charge in [-0.2, -0.15) is 0 Å². The third-order valence-electron chi connectivity index (χ3n) is 7.03. The van der Waals surface area contributed by atoms with Crippen LogP contribution in [0.4, 0.5) is 10.5 Å². The van der Waals surface area contributed by atoms with Crippen LogP contribution in [0.15, 0.2) is 109 Å². The van der Waals surface area contributed by atoms with Crippen LogP contribution in [0.25, 0.3) is 0 Å². The van der Waals surface area contributed by atoms with E-state index in [1.54, 1.807) is 48.7 Å². The zero-order valence-electron chi connectivity index (χ0n) is 25.8. The first-order valence-corrected chi connectivity index (χ1v) is 14.9. The van der Waals surface area contributed by atoms with Crippen LogP contribution in [0.1, 0.15) is 48.0 Å². The summed E-state index contributed by atoms with van der Waals surface area (Å²) in [4.78, 5) is 30.4. The maximum Gasteiger partial charge on any atom is 0.412 e. The van der Waals surface area contributed by atoms with Crippen molar-refractivity contribution in [2.24, 2.45) is 0 Å². The molecule has 3 aromatic carbocycles. The molecular formula is C36H41N3O6. The van der Waals surface area contributed by atoms with Gasteiger partial charge in [-0.05, 0) is 62.6 Å². The van der Waals surface area contributed by atoms with E-state index >= 15 is 0 Å². The maximum atomic E-state index is 13.7. The van der Waals surface area contributed by atoms with Crippen LogP contribution in [-0.4, -0.2) is 57.2 Å². The summed E-state index contributed by atoms with van der Waals surface area (Å²) >= 11 is 0. The molecule has 9 heteroatoms. The predicted octanol–water partition coefficient (Wildman–Crippen LogP) is 5.32. The lowest BCUT2D eigenvalue weighted by atomic mass is 9.92. The van der Waals surface area contributed by atoms with E-state index in [1.165, 1.54) is 0 Å². The Kier molecular flexibility index (Phi) is 11.8. The van der Waals surface area contributed by atoms with Gasteiger partial charge in [-0.1, -0.05) is 78.9 Å². The lowest BCUT2D eigenvalue weighted by Crippen LogP contribution is -2.54. The molecule has 0 aliphatic carbocycles. The Hall–Kier alpha value is -4.57. The van der Waals surface area contributed by atoms with E-state index in [1.807, 2.05) is 81.4 Å². The maximum absolute atomic E-state index is 13.7. The average molecular weight is 612 g/mol. The van der Waals surface area contributed by atoms with Crippen LogP contribution in [0.5, 0.6) is 0 Å². The number of amides is 2. The average Bonchev–Trinajstić information content (AvgIpc) is 3.03. The molecule has 1 aromatic heterocycles. The minimum atomic E-state index is -1.39. The Morgan fingerprint density at radius 1 is 0.778 bits per heavy atom. The van der Waals surface area contributed by atoms with Crippen LogP contribution in [0.2, 0.25) is 0 Å². The molecule has 0 aliphatic rings. The first kappa shape index (κ1) is 33.3. The van der Waals surface area contributed by atoms with Crippen LogP contribution in [0.3, 0.4) is 0 Å². The van der Waals surface area contributed by atoms with E-state index in [4.69, 9.17) is 9.47 Å². The Morgan fingerprint density at radius 3 is 2.00 bits per heavy atom. The first-order chi connectivity index (χ1) is 21.6. The summed E-state index contributed by atoms with van der Waals surface area (Å²) in [6, 6.07) is 29.9. The number of aliphatic hydroxyl groups excluding tert-OH is 2. The second kappa shape index (κ2) is 15.9. The van der Waals surface area contributed by atoms with Gasteiger partial charge >= 0.3 is 6.09 Å². The summed E-state index contributed by atoms with van der Waals surface area (Å²) in [6.07, 6.45) is -2.05. The van der Waals surface area contributed by atoms with Gasteiger partial charge in [0, 0.05) is 12.6 Å². The highest BCUT2D eigenvalue weighted by atomic mass is 16.5. The molecule has 45 heavy (non-hydrogen) atoms. The molecule has 0 saturated carbocycles. The smallest absolute Gasteiger partial charge is 0.412 e. The summed E-state index contributed by atoms with van der Waals surface area (Å²) in [5.74, 6) is -0.542. The molecule has 0 aliphatic heterocycles. The van der Waals surface area contributed by atoms with Crippen molar-refractivity contribution in [3.63, 3.8) is 0 Å². The summed E-state index contributed by atoms with van der Waals surface area (Å²) in [5.41, 5.74) is 2.17. The van der Waals surface area contributed by atoms with Crippen LogP contribution in [0, 0.1) is 0 Å². The number of carbonyl (C=O) groups is 2. The van der Waals surface area contributed by atoms with Gasteiger partial charge in [0.15, 0.2) is 0 Å². The molecule has 4 aromatic rings. The number of aromatic nitrogens is 1. The summed E-state index contributed by atoms with van der Waals surface area (Å²) in [7, 11) is 0. The highest BCUT2D eigenvalue weighted by Crippen LogP contribution is 2.23. The number of aliphatic hydroxyl groups is 2. The molecule has 0 saturated heterocycles. The predicted molar refractivity (Wildman–Crippen MR) is 173 cm³/mol. The zero-order chi connectivity index (χ0) is 32.2. The Balaban J connectivity index is 1.53. The molecule has 2 amide bonds. The minimum Gasteiger partial charge on any atom is -0.443 e. The third-order valence-corrected chi connectivity index (χ3v) is 7.03. The quantitative estimate of drug-likeness (QED) is 0.161. The van der Waals surface area contributed by atoms with Gasteiger partial charge in [-0.25, -0.2) is 4.79 Å². The van der Waals surface area contributed by atoms with Crippen molar-refractivity contribution >= 4 is 17.7 Å².